The van der Waals surface area contributed by atoms with Gasteiger partial charge >= 0.3 is 0 Å². The minimum absolute atomic E-state index is 0.0941. The lowest BCUT2D eigenvalue weighted by Crippen LogP contribution is -2.21. The SMILES string of the molecule is C/C(=C\C(=O)NCc1cccc(NC(=O)CC#N)c1)C1CC1. The first kappa shape index (κ1) is 15.8. The number of nitrogens with zero attached hydrogens (tertiary/aromatic N) is 1. The van der Waals surface area contributed by atoms with Crippen molar-refractivity contribution in [1.82, 2.24) is 5.32 Å². The second-order valence-electron chi connectivity index (χ2n) is 5.46. The van der Waals surface area contributed by atoms with Crippen molar-refractivity contribution >= 4 is 17.5 Å². The normalized spacial score (nSPS) is 14.1. The Bertz CT molecular complexity index is 640. The molecule has 0 atom stereocenters. The number of amides is 2. The number of nitriles is 1. The van der Waals surface area contributed by atoms with Crippen LogP contribution in [0.2, 0.25) is 0 Å². The maximum atomic E-state index is 11.8. The fourth-order valence-electron chi connectivity index (χ4n) is 2.14. The van der Waals surface area contributed by atoms with Crippen molar-refractivity contribution in [2.75, 3.05) is 5.32 Å². The van der Waals surface area contributed by atoms with Gasteiger partial charge in [0.1, 0.15) is 6.42 Å². The number of allylic oxidation sites excluding steroid dienone is 1. The van der Waals surface area contributed by atoms with Gasteiger partial charge in [0.25, 0.3) is 0 Å². The zero-order chi connectivity index (χ0) is 15.9. The number of anilines is 1. The van der Waals surface area contributed by atoms with E-state index in [9.17, 15) is 9.59 Å². The molecule has 2 N–H and O–H groups in total. The fraction of sp³-hybridized carbons (Fsp3) is 0.353. The van der Waals surface area contributed by atoms with Crippen LogP contribution in [0.15, 0.2) is 35.9 Å². The third-order valence-electron chi connectivity index (χ3n) is 3.50. The van der Waals surface area contributed by atoms with Gasteiger partial charge in [0.15, 0.2) is 0 Å². The summed E-state index contributed by atoms with van der Waals surface area (Å²) in [7, 11) is 0. The molecule has 1 aliphatic carbocycles. The molecule has 2 amide bonds. The summed E-state index contributed by atoms with van der Waals surface area (Å²) in [6.07, 6.45) is 3.85. The van der Waals surface area contributed by atoms with Crippen molar-refractivity contribution in [1.29, 1.82) is 5.26 Å². The third-order valence-corrected chi connectivity index (χ3v) is 3.50. The Morgan fingerprint density at radius 1 is 1.41 bits per heavy atom. The molecule has 1 aromatic carbocycles. The highest BCUT2D eigenvalue weighted by Crippen LogP contribution is 2.35. The zero-order valence-corrected chi connectivity index (χ0v) is 12.6. The van der Waals surface area contributed by atoms with Gasteiger partial charge < -0.3 is 10.6 Å². The third kappa shape index (κ3) is 5.06. The Morgan fingerprint density at radius 2 is 2.18 bits per heavy atom. The second-order valence-corrected chi connectivity index (χ2v) is 5.46. The summed E-state index contributed by atoms with van der Waals surface area (Å²) in [5, 5.41) is 13.9. The van der Waals surface area contributed by atoms with Gasteiger partial charge in [-0.05, 0) is 43.4 Å². The summed E-state index contributed by atoms with van der Waals surface area (Å²) in [4.78, 5) is 23.2. The summed E-state index contributed by atoms with van der Waals surface area (Å²) in [6, 6.07) is 9.00. The first-order valence-electron chi connectivity index (χ1n) is 7.30. The van der Waals surface area contributed by atoms with Crippen LogP contribution in [0.5, 0.6) is 0 Å². The van der Waals surface area contributed by atoms with Crippen molar-refractivity contribution in [2.24, 2.45) is 5.92 Å². The number of carbonyl (C=O) groups is 2. The molecule has 0 bridgehead atoms. The van der Waals surface area contributed by atoms with E-state index in [1.807, 2.05) is 13.0 Å². The van der Waals surface area contributed by atoms with Gasteiger partial charge in [0.2, 0.25) is 11.8 Å². The standard InChI is InChI=1S/C17H19N3O2/c1-12(14-5-6-14)9-17(22)19-11-13-3-2-4-15(10-13)20-16(21)7-8-18/h2-4,9-10,14H,5-7,11H2,1H3,(H,19,22)(H,20,21)/b12-9+. The number of hydrogen-bond acceptors (Lipinski definition) is 3. The number of carbonyl (C=O) groups excluding carboxylic acids is 2. The molecule has 1 fully saturated rings. The summed E-state index contributed by atoms with van der Waals surface area (Å²) >= 11 is 0. The Kier molecular flexibility index (Phi) is 5.31. The van der Waals surface area contributed by atoms with Crippen LogP contribution in [0.1, 0.15) is 31.7 Å². The first-order chi connectivity index (χ1) is 10.6. The quantitative estimate of drug-likeness (QED) is 0.791. The Labute approximate surface area is 130 Å². The molecule has 1 aliphatic rings. The molecule has 114 valence electrons. The minimum Gasteiger partial charge on any atom is -0.348 e. The predicted molar refractivity (Wildman–Crippen MR) is 83.6 cm³/mol. The van der Waals surface area contributed by atoms with E-state index in [2.05, 4.69) is 10.6 Å². The van der Waals surface area contributed by atoms with E-state index in [0.29, 0.717) is 18.2 Å². The maximum Gasteiger partial charge on any atom is 0.244 e. The smallest absolute Gasteiger partial charge is 0.244 e. The van der Waals surface area contributed by atoms with Crippen LogP contribution in [-0.2, 0) is 16.1 Å². The average molecular weight is 297 g/mol. The molecule has 1 saturated carbocycles. The van der Waals surface area contributed by atoms with E-state index in [0.717, 1.165) is 11.1 Å². The highest BCUT2D eigenvalue weighted by molar-refractivity contribution is 5.92. The van der Waals surface area contributed by atoms with Crippen LogP contribution >= 0.6 is 0 Å². The molecule has 2 rings (SSSR count). The summed E-state index contributed by atoms with van der Waals surface area (Å²) in [5.74, 6) is 0.152. The summed E-state index contributed by atoms with van der Waals surface area (Å²) in [5.41, 5.74) is 2.65. The molecule has 0 aromatic heterocycles. The van der Waals surface area contributed by atoms with Crippen LogP contribution in [0.4, 0.5) is 5.69 Å². The van der Waals surface area contributed by atoms with Crippen molar-refractivity contribution in [3.8, 4) is 6.07 Å². The molecule has 0 unspecified atom stereocenters. The molecule has 5 nitrogen and oxygen atoms in total. The topological polar surface area (TPSA) is 82.0 Å². The lowest BCUT2D eigenvalue weighted by atomic mass is 10.1. The van der Waals surface area contributed by atoms with Gasteiger partial charge in [0.05, 0.1) is 6.07 Å². The van der Waals surface area contributed by atoms with Gasteiger partial charge in [-0.25, -0.2) is 0 Å². The first-order valence-corrected chi connectivity index (χ1v) is 7.30. The van der Waals surface area contributed by atoms with E-state index in [4.69, 9.17) is 5.26 Å². The fourth-order valence-corrected chi connectivity index (χ4v) is 2.14. The highest BCUT2D eigenvalue weighted by Gasteiger charge is 2.23. The van der Waals surface area contributed by atoms with Gasteiger partial charge in [-0.1, -0.05) is 17.7 Å². The molecule has 0 radical (unpaired) electrons. The zero-order valence-electron chi connectivity index (χ0n) is 12.6. The molecule has 0 spiro atoms. The van der Waals surface area contributed by atoms with E-state index in [1.165, 1.54) is 12.8 Å². The number of benzene rings is 1. The largest absolute Gasteiger partial charge is 0.348 e. The van der Waals surface area contributed by atoms with Gasteiger partial charge in [0, 0.05) is 18.3 Å². The average Bonchev–Trinajstić information content (AvgIpc) is 3.30. The number of rotatable bonds is 6. The monoisotopic (exact) mass is 297 g/mol. The Balaban J connectivity index is 1.87. The van der Waals surface area contributed by atoms with Crippen LogP contribution in [0, 0.1) is 17.2 Å². The van der Waals surface area contributed by atoms with E-state index < -0.39 is 0 Å². The van der Waals surface area contributed by atoms with Crippen LogP contribution in [0.25, 0.3) is 0 Å². The lowest BCUT2D eigenvalue weighted by molar-refractivity contribution is -0.117. The van der Waals surface area contributed by atoms with E-state index in [1.54, 1.807) is 30.3 Å². The molecule has 22 heavy (non-hydrogen) atoms. The maximum absolute atomic E-state index is 11.8. The van der Waals surface area contributed by atoms with E-state index in [-0.39, 0.29) is 18.2 Å². The Morgan fingerprint density at radius 3 is 2.86 bits per heavy atom. The van der Waals surface area contributed by atoms with Gasteiger partial charge in [-0.15, -0.1) is 0 Å². The Hall–Kier alpha value is -2.61. The van der Waals surface area contributed by atoms with E-state index >= 15 is 0 Å². The van der Waals surface area contributed by atoms with Crippen molar-refractivity contribution < 1.29 is 9.59 Å². The molecule has 0 aliphatic heterocycles. The van der Waals surface area contributed by atoms with Crippen molar-refractivity contribution in [3.05, 3.63) is 41.5 Å². The highest BCUT2D eigenvalue weighted by atomic mass is 16.2. The molecule has 0 saturated heterocycles. The molecule has 1 aromatic rings. The number of hydrogen-bond donors (Lipinski definition) is 2. The predicted octanol–water partition coefficient (Wildman–Crippen LogP) is 2.51. The lowest BCUT2D eigenvalue weighted by Gasteiger charge is -2.07. The van der Waals surface area contributed by atoms with Gasteiger partial charge in [-0.2, -0.15) is 5.26 Å². The molecule has 5 heteroatoms. The molecular formula is C17H19N3O2. The molecule has 0 heterocycles. The molecular weight excluding hydrogens is 278 g/mol. The second kappa shape index (κ2) is 7.41. The van der Waals surface area contributed by atoms with Crippen molar-refractivity contribution in [3.63, 3.8) is 0 Å². The van der Waals surface area contributed by atoms with Crippen LogP contribution < -0.4 is 10.6 Å². The minimum atomic E-state index is -0.341. The summed E-state index contributed by atoms with van der Waals surface area (Å²) < 4.78 is 0. The van der Waals surface area contributed by atoms with Crippen LogP contribution in [0.3, 0.4) is 0 Å². The van der Waals surface area contributed by atoms with Gasteiger partial charge in [-0.3, -0.25) is 9.59 Å². The number of nitrogens with one attached hydrogen (secondary N) is 2. The van der Waals surface area contributed by atoms with Crippen LogP contribution in [-0.4, -0.2) is 11.8 Å². The summed E-state index contributed by atoms with van der Waals surface area (Å²) in [6.45, 7) is 2.39. The van der Waals surface area contributed by atoms with Crippen molar-refractivity contribution in [2.45, 2.75) is 32.7 Å².